The van der Waals surface area contributed by atoms with Crippen LogP contribution < -0.4 is 9.64 Å². The molecule has 1 aliphatic carbocycles. The fourth-order valence-electron chi connectivity index (χ4n) is 4.95. The van der Waals surface area contributed by atoms with Gasteiger partial charge in [-0.25, -0.2) is 9.18 Å². The number of rotatable bonds is 7. The first kappa shape index (κ1) is 21.7. The number of methoxy groups -OCH3 is 1. The molecule has 4 atom stereocenters. The van der Waals surface area contributed by atoms with Crippen molar-refractivity contribution in [1.82, 2.24) is 15.1 Å². The molecule has 1 aromatic carbocycles. The Bertz CT molecular complexity index is 1010. The first-order valence-electron chi connectivity index (χ1n) is 10.7. The fraction of sp³-hybridized carbons (Fsp3) is 0.571. The van der Waals surface area contributed by atoms with Gasteiger partial charge in [0.25, 0.3) is 0 Å². The van der Waals surface area contributed by atoms with Crippen molar-refractivity contribution in [2.24, 2.45) is 0 Å². The number of carboxylic acid groups (broad SMARTS) is 1. The summed E-state index contributed by atoms with van der Waals surface area (Å²) in [5, 5.41) is 20.1. The van der Waals surface area contributed by atoms with Crippen LogP contribution in [0.1, 0.15) is 32.1 Å². The summed E-state index contributed by atoms with van der Waals surface area (Å²) in [6, 6.07) is 4.36. The van der Waals surface area contributed by atoms with Gasteiger partial charge in [0.2, 0.25) is 5.13 Å². The molecule has 2 aromatic rings. The number of alkyl halides is 1. The summed E-state index contributed by atoms with van der Waals surface area (Å²) in [6.07, 6.45) is 1.41. The van der Waals surface area contributed by atoms with Crippen molar-refractivity contribution in [2.45, 2.75) is 62.4 Å². The molecule has 0 unspecified atom stereocenters. The van der Waals surface area contributed by atoms with Crippen molar-refractivity contribution in [1.29, 1.82) is 0 Å². The molecule has 1 saturated carbocycles. The molecule has 0 radical (unpaired) electrons. The SMILES string of the molecule is COCOc1cc(Cl)ccc1-c1nnc(N(C2CC2)[C@H]2C[C@@H]3CC[C@H]([C@H]2F)N3C(=O)O)s1. The molecule has 1 aromatic heterocycles. The molecule has 11 heteroatoms. The second-order valence-electron chi connectivity index (χ2n) is 8.46. The Balaban J connectivity index is 1.43. The number of aromatic nitrogens is 2. The maximum absolute atomic E-state index is 15.6. The van der Waals surface area contributed by atoms with E-state index in [4.69, 9.17) is 21.1 Å². The standard InChI is InChI=1S/C21H24ClFN4O4S/c1-30-10-31-17-8-11(22)2-6-14(17)19-24-25-20(32-19)26(12-3-4-12)16-9-13-5-7-15(18(16)23)27(13)21(28)29/h2,6,8,12-13,15-16,18H,3-5,7,9-10H2,1H3,(H,28,29)/t13-,15+,16-,18+/m0/s1. The molecule has 1 amide bonds. The van der Waals surface area contributed by atoms with Crippen LogP contribution in [0.5, 0.6) is 5.75 Å². The predicted molar refractivity (Wildman–Crippen MR) is 118 cm³/mol. The third-order valence-electron chi connectivity index (χ3n) is 6.46. The van der Waals surface area contributed by atoms with Crippen LogP contribution in [0, 0.1) is 0 Å². The Morgan fingerprint density at radius 1 is 1.34 bits per heavy atom. The molecular formula is C21H24ClFN4O4S. The summed E-state index contributed by atoms with van der Waals surface area (Å²) in [5.41, 5.74) is 0.739. The van der Waals surface area contributed by atoms with Crippen LogP contribution in [0.25, 0.3) is 10.6 Å². The summed E-state index contributed by atoms with van der Waals surface area (Å²) < 4.78 is 26.3. The molecule has 3 aliphatic rings. The highest BCUT2D eigenvalue weighted by Gasteiger charge is 2.53. The average molecular weight is 483 g/mol. The zero-order valence-electron chi connectivity index (χ0n) is 17.5. The van der Waals surface area contributed by atoms with Crippen molar-refractivity contribution in [3.05, 3.63) is 23.2 Å². The number of anilines is 1. The molecule has 2 saturated heterocycles. The van der Waals surface area contributed by atoms with E-state index in [1.165, 1.54) is 23.3 Å². The third-order valence-corrected chi connectivity index (χ3v) is 7.66. The number of nitrogens with zero attached hydrogens (tertiary/aromatic N) is 4. The van der Waals surface area contributed by atoms with Gasteiger partial charge in [0.15, 0.2) is 11.8 Å². The van der Waals surface area contributed by atoms with E-state index in [0.717, 1.165) is 18.4 Å². The van der Waals surface area contributed by atoms with Gasteiger partial charge in [0, 0.05) is 24.2 Å². The van der Waals surface area contributed by atoms with Crippen molar-refractivity contribution in [3.8, 4) is 16.3 Å². The predicted octanol–water partition coefficient (Wildman–Crippen LogP) is 4.43. The smallest absolute Gasteiger partial charge is 0.407 e. The lowest BCUT2D eigenvalue weighted by Gasteiger charge is -2.44. The average Bonchev–Trinajstić information content (AvgIpc) is 3.37. The number of fused-ring (bicyclic) bond motifs is 2. The molecule has 2 aliphatic heterocycles. The number of halogens is 2. The summed E-state index contributed by atoms with van der Waals surface area (Å²) in [4.78, 5) is 15.0. The summed E-state index contributed by atoms with van der Waals surface area (Å²) >= 11 is 7.51. The first-order chi connectivity index (χ1) is 15.5. The lowest BCUT2D eigenvalue weighted by molar-refractivity contribution is 0.0476. The van der Waals surface area contributed by atoms with Gasteiger partial charge >= 0.3 is 6.09 Å². The van der Waals surface area contributed by atoms with Crippen LogP contribution in [-0.2, 0) is 4.74 Å². The van der Waals surface area contributed by atoms with E-state index in [0.29, 0.717) is 40.2 Å². The van der Waals surface area contributed by atoms with Crippen molar-refractivity contribution in [2.75, 3.05) is 18.8 Å². The van der Waals surface area contributed by atoms with Gasteiger partial charge in [-0.3, -0.25) is 4.90 Å². The molecule has 8 nitrogen and oxygen atoms in total. The molecule has 32 heavy (non-hydrogen) atoms. The third kappa shape index (κ3) is 3.88. The minimum Gasteiger partial charge on any atom is -0.467 e. The second-order valence-corrected chi connectivity index (χ2v) is 9.85. The van der Waals surface area contributed by atoms with E-state index in [1.54, 1.807) is 12.1 Å². The fourth-order valence-corrected chi connectivity index (χ4v) is 6.12. The van der Waals surface area contributed by atoms with Gasteiger partial charge in [-0.1, -0.05) is 22.9 Å². The van der Waals surface area contributed by atoms with Crippen molar-refractivity contribution in [3.63, 3.8) is 0 Å². The number of amides is 1. The maximum atomic E-state index is 15.6. The van der Waals surface area contributed by atoms with Crippen LogP contribution in [-0.4, -0.2) is 70.5 Å². The summed E-state index contributed by atoms with van der Waals surface area (Å²) in [5.74, 6) is 0.538. The molecule has 0 spiro atoms. The largest absolute Gasteiger partial charge is 0.467 e. The number of carbonyl (C=O) groups is 1. The van der Waals surface area contributed by atoms with Crippen LogP contribution in [0.2, 0.25) is 5.02 Å². The highest BCUT2D eigenvalue weighted by atomic mass is 35.5. The number of hydrogen-bond donors (Lipinski definition) is 1. The normalized spacial score (nSPS) is 26.9. The van der Waals surface area contributed by atoms with E-state index in [-0.39, 0.29) is 18.9 Å². The van der Waals surface area contributed by atoms with Gasteiger partial charge in [-0.2, -0.15) is 0 Å². The zero-order chi connectivity index (χ0) is 22.4. The number of hydrogen-bond acceptors (Lipinski definition) is 7. The van der Waals surface area contributed by atoms with Crippen LogP contribution in [0.3, 0.4) is 0 Å². The monoisotopic (exact) mass is 482 g/mol. The Hall–Kier alpha value is -2.17. The number of ether oxygens (including phenoxy) is 2. The summed E-state index contributed by atoms with van der Waals surface area (Å²) in [6.45, 7) is 0.0711. The van der Waals surface area contributed by atoms with Gasteiger partial charge in [-0.05, 0) is 50.3 Å². The minimum atomic E-state index is -1.26. The van der Waals surface area contributed by atoms with E-state index in [9.17, 15) is 9.90 Å². The highest BCUT2D eigenvalue weighted by Crippen LogP contribution is 2.46. The Kier molecular flexibility index (Phi) is 5.85. The molecule has 2 bridgehead atoms. The Morgan fingerprint density at radius 2 is 2.16 bits per heavy atom. The molecule has 3 heterocycles. The van der Waals surface area contributed by atoms with Crippen molar-refractivity contribution < 1.29 is 23.8 Å². The van der Waals surface area contributed by atoms with Crippen LogP contribution in [0.15, 0.2) is 18.2 Å². The lowest BCUT2D eigenvalue weighted by atomic mass is 9.94. The van der Waals surface area contributed by atoms with Gasteiger partial charge < -0.3 is 19.5 Å². The van der Waals surface area contributed by atoms with E-state index < -0.39 is 24.3 Å². The lowest BCUT2D eigenvalue weighted by Crippen LogP contribution is -2.59. The molecule has 172 valence electrons. The minimum absolute atomic E-state index is 0.0711. The topological polar surface area (TPSA) is 88.0 Å². The highest BCUT2D eigenvalue weighted by molar-refractivity contribution is 7.18. The first-order valence-corrected chi connectivity index (χ1v) is 11.9. The van der Waals surface area contributed by atoms with Gasteiger partial charge in [0.1, 0.15) is 11.9 Å². The molecular weight excluding hydrogens is 459 g/mol. The quantitative estimate of drug-likeness (QED) is 0.584. The van der Waals surface area contributed by atoms with Gasteiger partial charge in [0.05, 0.1) is 17.6 Å². The zero-order valence-corrected chi connectivity index (χ0v) is 19.1. The molecule has 5 rings (SSSR count). The Morgan fingerprint density at radius 3 is 2.88 bits per heavy atom. The van der Waals surface area contributed by atoms with Crippen molar-refractivity contribution >= 4 is 34.2 Å². The second kappa shape index (κ2) is 8.64. The van der Waals surface area contributed by atoms with Crippen LogP contribution >= 0.6 is 22.9 Å². The summed E-state index contributed by atoms with van der Waals surface area (Å²) in [7, 11) is 1.54. The van der Waals surface area contributed by atoms with E-state index >= 15 is 4.39 Å². The van der Waals surface area contributed by atoms with E-state index in [2.05, 4.69) is 15.1 Å². The molecule has 1 N–H and O–H groups in total. The van der Waals surface area contributed by atoms with E-state index in [1.807, 2.05) is 6.07 Å². The van der Waals surface area contributed by atoms with Crippen LogP contribution in [0.4, 0.5) is 14.3 Å². The number of benzene rings is 1. The molecule has 3 fully saturated rings. The van der Waals surface area contributed by atoms with Gasteiger partial charge in [-0.15, -0.1) is 10.2 Å². The maximum Gasteiger partial charge on any atom is 0.407 e. The number of piperidine rings is 1. The Labute approximate surface area is 193 Å².